The molecular weight excluding hydrogens is 218 g/mol. The van der Waals surface area contributed by atoms with Crippen LogP contribution in [0.4, 0.5) is 0 Å². The van der Waals surface area contributed by atoms with Gasteiger partial charge in [0.2, 0.25) is 0 Å². The second-order valence-electron chi connectivity index (χ2n) is 4.49. The second-order valence-corrected chi connectivity index (χ2v) is 4.49. The van der Waals surface area contributed by atoms with Gasteiger partial charge in [0, 0.05) is 12.5 Å². The maximum Gasteiger partial charge on any atom is 0.161 e. The fourth-order valence-electron chi connectivity index (χ4n) is 2.27. The normalized spacial score (nSPS) is 27.1. The first-order valence-corrected chi connectivity index (χ1v) is 5.95. The molecule has 92 valence electrons. The molecule has 0 saturated carbocycles. The third-order valence-electron chi connectivity index (χ3n) is 3.25. The van der Waals surface area contributed by atoms with E-state index in [9.17, 15) is 0 Å². The van der Waals surface area contributed by atoms with Crippen molar-refractivity contribution in [3.05, 3.63) is 23.8 Å². The highest BCUT2D eigenvalue weighted by molar-refractivity contribution is 5.44. The van der Waals surface area contributed by atoms with E-state index in [2.05, 4.69) is 23.0 Å². The average molecular weight is 235 g/mol. The van der Waals surface area contributed by atoms with Crippen molar-refractivity contribution in [3.8, 4) is 11.5 Å². The van der Waals surface area contributed by atoms with Gasteiger partial charge in [0.15, 0.2) is 11.5 Å². The minimum absolute atomic E-state index is 0.0169. The summed E-state index contributed by atoms with van der Waals surface area (Å²) in [7, 11) is 0. The van der Waals surface area contributed by atoms with Crippen LogP contribution in [0.15, 0.2) is 18.2 Å². The first-order chi connectivity index (χ1) is 8.33. The molecule has 1 saturated heterocycles. The number of hydrogen-bond acceptors (Lipinski definition) is 5. The van der Waals surface area contributed by atoms with Gasteiger partial charge in [0.25, 0.3) is 0 Å². The molecule has 5 heteroatoms. The fourth-order valence-corrected chi connectivity index (χ4v) is 2.27. The highest BCUT2D eigenvalue weighted by atomic mass is 16.6. The lowest BCUT2D eigenvalue weighted by molar-refractivity contribution is 0.171. The van der Waals surface area contributed by atoms with Crippen molar-refractivity contribution in [3.63, 3.8) is 0 Å². The van der Waals surface area contributed by atoms with Crippen molar-refractivity contribution in [2.45, 2.75) is 12.6 Å². The zero-order valence-corrected chi connectivity index (χ0v) is 9.61. The van der Waals surface area contributed by atoms with Crippen LogP contribution in [0.3, 0.4) is 0 Å². The van der Waals surface area contributed by atoms with Crippen LogP contribution in [0.1, 0.15) is 5.56 Å². The largest absolute Gasteiger partial charge is 0.486 e. The van der Waals surface area contributed by atoms with Gasteiger partial charge in [-0.2, -0.15) is 0 Å². The number of rotatable bonds is 2. The van der Waals surface area contributed by atoms with Gasteiger partial charge in [-0.05, 0) is 24.1 Å². The van der Waals surface area contributed by atoms with Crippen molar-refractivity contribution in [2.75, 3.05) is 19.8 Å². The molecular formula is C12H17N3O2. The SMILES string of the molecule is NC1NNCC1Cc1ccc2c(c1)OCCO2. The maximum atomic E-state index is 5.94. The van der Waals surface area contributed by atoms with Crippen LogP contribution in [0, 0.1) is 5.92 Å². The predicted octanol–water partition coefficient (Wildman–Crippen LogP) is 0.00910. The summed E-state index contributed by atoms with van der Waals surface area (Å²) >= 11 is 0. The number of fused-ring (bicyclic) bond motifs is 1. The van der Waals surface area contributed by atoms with E-state index in [4.69, 9.17) is 15.2 Å². The highest BCUT2D eigenvalue weighted by Crippen LogP contribution is 2.31. The van der Waals surface area contributed by atoms with Crippen LogP contribution in [0.25, 0.3) is 0 Å². The first-order valence-electron chi connectivity index (χ1n) is 5.95. The van der Waals surface area contributed by atoms with E-state index in [1.807, 2.05) is 6.07 Å². The summed E-state index contributed by atoms with van der Waals surface area (Å²) in [6.07, 6.45) is 0.959. The quantitative estimate of drug-likeness (QED) is 0.673. The summed E-state index contributed by atoms with van der Waals surface area (Å²) in [5, 5.41) is 0. The van der Waals surface area contributed by atoms with Crippen LogP contribution in [-0.4, -0.2) is 25.9 Å². The highest BCUT2D eigenvalue weighted by Gasteiger charge is 2.23. The third-order valence-corrected chi connectivity index (χ3v) is 3.25. The zero-order valence-electron chi connectivity index (χ0n) is 9.61. The Morgan fingerprint density at radius 3 is 2.82 bits per heavy atom. The Labute approximate surface area is 100 Å². The molecule has 17 heavy (non-hydrogen) atoms. The standard InChI is InChI=1S/C12H17N3O2/c13-12-9(7-14-15-12)5-8-1-2-10-11(6-8)17-4-3-16-10/h1-2,6,9,12,14-15H,3-5,7,13H2. The number of benzene rings is 1. The van der Waals surface area contributed by atoms with Crippen LogP contribution in [0.2, 0.25) is 0 Å². The van der Waals surface area contributed by atoms with Crippen LogP contribution in [-0.2, 0) is 6.42 Å². The van der Waals surface area contributed by atoms with Crippen molar-refractivity contribution in [2.24, 2.45) is 11.7 Å². The lowest BCUT2D eigenvalue weighted by atomic mass is 9.98. The summed E-state index contributed by atoms with van der Waals surface area (Å²) in [5.41, 5.74) is 13.3. The Bertz CT molecular complexity index is 411. The molecule has 1 aromatic rings. The summed E-state index contributed by atoms with van der Waals surface area (Å²) in [6, 6.07) is 6.11. The Morgan fingerprint density at radius 1 is 1.24 bits per heavy atom. The minimum Gasteiger partial charge on any atom is -0.486 e. The maximum absolute atomic E-state index is 5.94. The second kappa shape index (κ2) is 4.52. The Hall–Kier alpha value is -1.30. The Kier molecular flexibility index (Phi) is 2.88. The number of hydrogen-bond donors (Lipinski definition) is 3. The Morgan fingerprint density at radius 2 is 2.06 bits per heavy atom. The summed E-state index contributed by atoms with van der Waals surface area (Å²) in [6.45, 7) is 2.16. The smallest absolute Gasteiger partial charge is 0.161 e. The first kappa shape index (κ1) is 10.8. The van der Waals surface area contributed by atoms with Gasteiger partial charge in [-0.1, -0.05) is 6.07 Å². The molecule has 5 nitrogen and oxygen atoms in total. The Balaban J connectivity index is 1.75. The van der Waals surface area contributed by atoms with Gasteiger partial charge in [0.1, 0.15) is 13.2 Å². The molecule has 0 aromatic heterocycles. The molecule has 0 radical (unpaired) electrons. The zero-order chi connectivity index (χ0) is 11.7. The molecule has 0 aliphatic carbocycles. The van der Waals surface area contributed by atoms with E-state index in [1.165, 1.54) is 5.56 Å². The van der Waals surface area contributed by atoms with Crippen molar-refractivity contribution < 1.29 is 9.47 Å². The van der Waals surface area contributed by atoms with Crippen molar-refractivity contribution in [1.82, 2.24) is 10.9 Å². The molecule has 0 spiro atoms. The summed E-state index contributed by atoms with van der Waals surface area (Å²) in [5.74, 6) is 2.10. The summed E-state index contributed by atoms with van der Waals surface area (Å²) < 4.78 is 11.1. The van der Waals surface area contributed by atoms with Crippen molar-refractivity contribution >= 4 is 0 Å². The number of ether oxygens (including phenoxy) is 2. The fraction of sp³-hybridized carbons (Fsp3) is 0.500. The van der Waals surface area contributed by atoms with Gasteiger partial charge >= 0.3 is 0 Å². The lowest BCUT2D eigenvalue weighted by Gasteiger charge is -2.20. The average Bonchev–Trinajstić information content (AvgIpc) is 2.75. The minimum atomic E-state index is 0.0169. The lowest BCUT2D eigenvalue weighted by Crippen LogP contribution is -2.39. The van der Waals surface area contributed by atoms with E-state index in [1.54, 1.807) is 0 Å². The molecule has 2 aliphatic heterocycles. The number of nitrogens with one attached hydrogen (secondary N) is 2. The van der Waals surface area contributed by atoms with Gasteiger partial charge in [-0.3, -0.25) is 5.43 Å². The summed E-state index contributed by atoms with van der Waals surface area (Å²) in [4.78, 5) is 0. The third kappa shape index (κ3) is 2.22. The number of nitrogens with two attached hydrogens (primary N) is 1. The van der Waals surface area contributed by atoms with Crippen LogP contribution in [0.5, 0.6) is 11.5 Å². The van der Waals surface area contributed by atoms with Gasteiger partial charge in [-0.15, -0.1) is 0 Å². The molecule has 2 heterocycles. The molecule has 0 bridgehead atoms. The molecule has 2 unspecified atom stereocenters. The molecule has 1 fully saturated rings. The molecule has 3 rings (SSSR count). The molecule has 2 aliphatic rings. The predicted molar refractivity (Wildman–Crippen MR) is 63.7 cm³/mol. The van der Waals surface area contributed by atoms with Gasteiger partial charge in [-0.25, -0.2) is 5.43 Å². The topological polar surface area (TPSA) is 68.5 Å². The van der Waals surface area contributed by atoms with Crippen molar-refractivity contribution in [1.29, 1.82) is 0 Å². The molecule has 0 amide bonds. The van der Waals surface area contributed by atoms with E-state index in [-0.39, 0.29) is 6.17 Å². The molecule has 1 aromatic carbocycles. The molecule has 4 N–H and O–H groups in total. The van der Waals surface area contributed by atoms with Crippen LogP contribution < -0.4 is 26.1 Å². The van der Waals surface area contributed by atoms with E-state index >= 15 is 0 Å². The van der Waals surface area contributed by atoms with E-state index < -0.39 is 0 Å². The molecule has 2 atom stereocenters. The van der Waals surface area contributed by atoms with E-state index in [0.717, 1.165) is 24.5 Å². The number of hydrazine groups is 1. The van der Waals surface area contributed by atoms with Gasteiger partial charge in [0.05, 0.1) is 6.17 Å². The van der Waals surface area contributed by atoms with Crippen LogP contribution >= 0.6 is 0 Å². The van der Waals surface area contributed by atoms with Gasteiger partial charge < -0.3 is 15.2 Å². The monoisotopic (exact) mass is 235 g/mol. The van der Waals surface area contributed by atoms with E-state index in [0.29, 0.717) is 19.1 Å².